The third-order valence-corrected chi connectivity index (χ3v) is 10.6. The van der Waals surface area contributed by atoms with Crippen LogP contribution in [0.4, 0.5) is 4.79 Å². The van der Waals surface area contributed by atoms with Crippen molar-refractivity contribution in [1.29, 1.82) is 0 Å². The Hall–Kier alpha value is -3.52. The molecule has 1 aliphatic heterocycles. The Morgan fingerprint density at radius 1 is 1.04 bits per heavy atom. The highest BCUT2D eigenvalue weighted by Gasteiger charge is 2.44. The second kappa shape index (κ2) is 13.7. The van der Waals surface area contributed by atoms with Crippen molar-refractivity contribution >= 4 is 29.5 Å². The molecule has 1 unspecified atom stereocenters. The Morgan fingerprint density at radius 3 is 2.30 bits per heavy atom. The van der Waals surface area contributed by atoms with Gasteiger partial charge in [-0.15, -0.1) is 13.2 Å². The van der Waals surface area contributed by atoms with Gasteiger partial charge in [-0.1, -0.05) is 48.5 Å². The monoisotopic (exact) mass is 675 g/mol. The van der Waals surface area contributed by atoms with Crippen LogP contribution in [0, 0.1) is 0 Å². The van der Waals surface area contributed by atoms with Crippen molar-refractivity contribution in [2.45, 2.75) is 43.4 Å². The summed E-state index contributed by atoms with van der Waals surface area (Å²) in [6, 6.07) is 15.4. The van der Waals surface area contributed by atoms with Gasteiger partial charge in [-0.2, -0.15) is 8.42 Å². The molecule has 0 amide bonds. The summed E-state index contributed by atoms with van der Waals surface area (Å²) in [5, 5.41) is 23.9. The van der Waals surface area contributed by atoms with Gasteiger partial charge in [0.25, 0.3) is 5.56 Å². The molecule has 1 aliphatic carbocycles. The van der Waals surface area contributed by atoms with Gasteiger partial charge in [0, 0.05) is 18.7 Å². The number of fused-ring (bicyclic) bond motifs is 3. The second-order valence-corrected chi connectivity index (χ2v) is 18.1. The number of carbonyl (C=O) groups is 1. The highest BCUT2D eigenvalue weighted by atomic mass is 32.2. The molecule has 1 fully saturated rings. The van der Waals surface area contributed by atoms with Gasteiger partial charge in [0.2, 0.25) is 0 Å². The van der Waals surface area contributed by atoms with E-state index in [4.69, 9.17) is 9.47 Å². The number of aromatic nitrogens is 2. The van der Waals surface area contributed by atoms with Gasteiger partial charge in [-0.3, -0.25) is 19.7 Å². The molecule has 15 heteroatoms. The molecule has 2 aliphatic rings. The van der Waals surface area contributed by atoms with Crippen LogP contribution in [0.5, 0.6) is 0 Å². The molecule has 1 saturated heterocycles. The average Bonchev–Trinajstić information content (AvgIpc) is 3.46. The Kier molecular flexibility index (Phi) is 10.1. The Balaban J connectivity index is 1.13. The molecule has 5 rings (SSSR count). The lowest BCUT2D eigenvalue weighted by molar-refractivity contribution is 0.00492. The molecule has 2 heterocycles. The number of H-pyrrole nitrogens is 1. The largest absolute Gasteiger partial charge is 0.524 e. The topological polar surface area (TPSA) is 186 Å². The van der Waals surface area contributed by atoms with Gasteiger partial charge < -0.3 is 23.9 Å². The first kappa shape index (κ1) is 33.8. The lowest BCUT2D eigenvalue weighted by Crippen LogP contribution is -2.38. The van der Waals surface area contributed by atoms with Crippen molar-refractivity contribution in [2.75, 3.05) is 38.4 Å². The lowest BCUT2D eigenvalue weighted by atomic mass is 9.98. The third-order valence-electron chi connectivity index (χ3n) is 8.06. The number of hydrogen-bond donors (Lipinski definition) is 4. The maximum absolute atomic E-state index is 12.6. The zero-order valence-corrected chi connectivity index (χ0v) is 27.2. The Bertz CT molecular complexity index is 1820. The van der Waals surface area contributed by atoms with Gasteiger partial charge in [0.15, 0.2) is 0 Å². The fourth-order valence-electron chi connectivity index (χ4n) is 5.72. The maximum Gasteiger partial charge on any atom is 0.524 e. The van der Waals surface area contributed by atoms with Crippen LogP contribution < -0.4 is 16.6 Å². The van der Waals surface area contributed by atoms with Crippen molar-refractivity contribution < 1.29 is 37.1 Å². The summed E-state index contributed by atoms with van der Waals surface area (Å²) in [6.45, 7) is 2.11. The van der Waals surface area contributed by atoms with E-state index in [0.29, 0.717) is 12.6 Å². The molecule has 2 aromatic carbocycles. The number of carbonyl (C=O) groups excluding carboxylic acids is 1. The second-order valence-electron chi connectivity index (χ2n) is 12.1. The van der Waals surface area contributed by atoms with E-state index in [0.717, 1.165) is 26.8 Å². The first-order chi connectivity index (χ1) is 21.7. The summed E-state index contributed by atoms with van der Waals surface area (Å²) in [5.74, 6) is -0.886. The zero-order valence-electron chi connectivity index (χ0n) is 25.5. The molecular weight excluding hydrogens is 637 g/mol. The smallest absolute Gasteiger partial charge is 0.432 e. The summed E-state index contributed by atoms with van der Waals surface area (Å²) in [6.07, 6.45) is 0.637. The van der Waals surface area contributed by atoms with Crippen LogP contribution in [0.2, 0.25) is 0 Å². The van der Waals surface area contributed by atoms with Gasteiger partial charge in [-0.25, -0.2) is 9.59 Å². The van der Waals surface area contributed by atoms with Crippen LogP contribution in [0.1, 0.15) is 35.1 Å². The highest BCUT2D eigenvalue weighted by Crippen LogP contribution is 2.44. The number of nitrogens with one attached hydrogen (secondary N) is 2. The van der Waals surface area contributed by atoms with E-state index in [2.05, 4.69) is 20.8 Å². The van der Waals surface area contributed by atoms with Gasteiger partial charge in [0.1, 0.15) is 24.9 Å². The molecule has 1 aromatic heterocycles. The predicted molar refractivity (Wildman–Crippen MR) is 174 cm³/mol. The standard InChI is InChI=1S/C31H38N3O10PS/c1-45(2,3)14-12-25-26(35)27(36)28(43-25)23-16-34(30(38)33-29(23)37)18-32-13-15-46(40,41)44-31(39)42-17-24-21-10-6-4-8-19(21)20-9-5-7-11-22(20)24/h4-11,16,24-28,32,35-36H,1,12-15,17-18H2,2-3H3,(H,33,37,38)/t25-,26-,27-,28?/m1/s1. The summed E-state index contributed by atoms with van der Waals surface area (Å²) in [5.41, 5.74) is 2.36. The molecule has 0 bridgehead atoms. The van der Waals surface area contributed by atoms with Crippen LogP contribution in [-0.2, 0) is 30.4 Å². The summed E-state index contributed by atoms with van der Waals surface area (Å²) in [4.78, 5) is 39.5. The van der Waals surface area contributed by atoms with E-state index in [-0.39, 0.29) is 31.3 Å². The number of aliphatic hydroxyl groups excluding tert-OH is 2. The number of rotatable bonds is 12. The summed E-state index contributed by atoms with van der Waals surface area (Å²) in [7, 11) is -4.34. The number of aliphatic hydroxyl groups is 2. The average molecular weight is 676 g/mol. The van der Waals surface area contributed by atoms with Crippen molar-refractivity contribution in [2.24, 2.45) is 0 Å². The van der Waals surface area contributed by atoms with Crippen molar-refractivity contribution in [3.63, 3.8) is 0 Å². The fraction of sp³-hybridized carbons (Fsp3) is 0.419. The van der Waals surface area contributed by atoms with Crippen molar-refractivity contribution in [3.05, 3.63) is 92.3 Å². The Labute approximate surface area is 266 Å². The molecule has 0 spiro atoms. The first-order valence-corrected chi connectivity index (χ1v) is 19.4. The van der Waals surface area contributed by atoms with E-state index in [1.54, 1.807) is 0 Å². The van der Waals surface area contributed by atoms with Crippen LogP contribution in [-0.4, -0.2) is 97.3 Å². The van der Waals surface area contributed by atoms with Crippen LogP contribution in [0.15, 0.2) is 64.3 Å². The number of ether oxygens (including phenoxy) is 2. The molecule has 13 nitrogen and oxygen atoms in total. The number of benzene rings is 2. The van der Waals surface area contributed by atoms with Gasteiger partial charge >= 0.3 is 22.0 Å². The number of nitrogens with zero attached hydrogens (tertiary/aromatic N) is 1. The minimum atomic E-state index is -4.34. The lowest BCUT2D eigenvalue weighted by Gasteiger charge is -2.18. The van der Waals surface area contributed by atoms with E-state index in [1.807, 2.05) is 61.9 Å². The van der Waals surface area contributed by atoms with E-state index >= 15 is 0 Å². The van der Waals surface area contributed by atoms with Crippen molar-refractivity contribution in [3.8, 4) is 11.1 Å². The van der Waals surface area contributed by atoms with Crippen molar-refractivity contribution in [1.82, 2.24) is 14.9 Å². The normalized spacial score (nSPS) is 21.1. The molecule has 4 N–H and O–H groups in total. The minimum Gasteiger partial charge on any atom is -0.432 e. The maximum atomic E-state index is 12.6. The summed E-state index contributed by atoms with van der Waals surface area (Å²) < 4.78 is 41.6. The predicted octanol–water partition coefficient (Wildman–Crippen LogP) is 1.64. The molecular formula is C31H38N3O10PS. The van der Waals surface area contributed by atoms with Gasteiger partial charge in [0.05, 0.1) is 24.1 Å². The molecule has 0 saturated carbocycles. The van der Waals surface area contributed by atoms with E-state index in [1.165, 1.54) is 6.20 Å². The molecule has 3 aromatic rings. The van der Waals surface area contributed by atoms with E-state index in [9.17, 15) is 33.0 Å². The molecule has 46 heavy (non-hydrogen) atoms. The third kappa shape index (κ3) is 7.71. The summed E-state index contributed by atoms with van der Waals surface area (Å²) >= 11 is 0. The van der Waals surface area contributed by atoms with Crippen LogP contribution in [0.25, 0.3) is 11.1 Å². The molecule has 4 atom stereocenters. The quantitative estimate of drug-likeness (QED) is 0.0947. The highest BCUT2D eigenvalue weighted by molar-refractivity contribution is 7.87. The SMILES string of the molecule is C=P(C)(C)CC[C@H]1OC(c2cn(CNCCS(=O)(=O)OC(=O)OCC3c4ccccc4-c4ccccc43)c(=O)[nH]c2=O)[C@H](O)[C@@H]1O. The van der Waals surface area contributed by atoms with Crippen LogP contribution in [0.3, 0.4) is 0 Å². The zero-order chi connectivity index (χ0) is 33.2. The first-order valence-electron chi connectivity index (χ1n) is 14.7. The molecule has 0 radical (unpaired) electrons. The van der Waals surface area contributed by atoms with E-state index < -0.39 is 64.6 Å². The number of aromatic amines is 1. The fourth-order valence-corrected chi connectivity index (χ4v) is 7.41. The minimum absolute atomic E-state index is 0.0645. The van der Waals surface area contributed by atoms with Crippen LogP contribution >= 0.6 is 6.89 Å². The number of hydrogen-bond acceptors (Lipinski definition) is 11. The van der Waals surface area contributed by atoms with Gasteiger partial charge in [-0.05, 0) is 48.2 Å². The molecule has 248 valence electrons. The Morgan fingerprint density at radius 2 is 1.67 bits per heavy atom.